The number of carbonyl (C=O) groups excluding carboxylic acids is 2. The summed E-state index contributed by atoms with van der Waals surface area (Å²) in [6, 6.07) is 0. The highest BCUT2D eigenvalue weighted by Gasteiger charge is 2.11. The summed E-state index contributed by atoms with van der Waals surface area (Å²) in [7, 11) is 1.49. The number of nitrogens with zero attached hydrogens (tertiary/aromatic N) is 1. The van der Waals surface area contributed by atoms with Crippen molar-refractivity contribution < 1.29 is 23.8 Å². The van der Waals surface area contributed by atoms with Gasteiger partial charge < -0.3 is 14.2 Å². The van der Waals surface area contributed by atoms with Gasteiger partial charge in [0.05, 0.1) is 0 Å². The van der Waals surface area contributed by atoms with Gasteiger partial charge in [0.1, 0.15) is 19.9 Å². The van der Waals surface area contributed by atoms with Crippen molar-refractivity contribution in [2.75, 3.05) is 33.6 Å². The van der Waals surface area contributed by atoms with Crippen molar-refractivity contribution >= 4 is 12.1 Å². The summed E-state index contributed by atoms with van der Waals surface area (Å²) in [6.07, 6.45) is 0.546. The van der Waals surface area contributed by atoms with Crippen molar-refractivity contribution in [2.24, 2.45) is 0 Å². The lowest BCUT2D eigenvalue weighted by atomic mass is 10.6. The standard InChI is InChI=1S/C10H17NO5/c1-4-9(12)15-6-7-16-10(13)11(5-2)8-14-3/h4H,1,5-8H2,2-3H3. The number of hydrogen-bond acceptors (Lipinski definition) is 5. The van der Waals surface area contributed by atoms with Crippen LogP contribution in [0.15, 0.2) is 12.7 Å². The van der Waals surface area contributed by atoms with E-state index in [1.807, 2.05) is 0 Å². The molecule has 0 fully saturated rings. The molecule has 6 nitrogen and oxygen atoms in total. The fourth-order valence-corrected chi connectivity index (χ4v) is 0.850. The predicted molar refractivity (Wildman–Crippen MR) is 56.8 cm³/mol. The molecule has 0 heterocycles. The SMILES string of the molecule is C=CC(=O)OCCOC(=O)N(CC)COC. The first-order valence-corrected chi connectivity index (χ1v) is 4.85. The molecule has 0 spiro atoms. The van der Waals surface area contributed by atoms with Crippen LogP contribution in [0.4, 0.5) is 4.79 Å². The van der Waals surface area contributed by atoms with E-state index in [9.17, 15) is 9.59 Å². The molecule has 1 amide bonds. The van der Waals surface area contributed by atoms with Gasteiger partial charge in [-0.2, -0.15) is 0 Å². The second-order valence-corrected chi connectivity index (χ2v) is 2.76. The molecule has 0 aromatic heterocycles. The molecular weight excluding hydrogens is 214 g/mol. The van der Waals surface area contributed by atoms with Crippen LogP contribution in [-0.4, -0.2) is 50.6 Å². The highest BCUT2D eigenvalue weighted by atomic mass is 16.6. The van der Waals surface area contributed by atoms with Crippen LogP contribution in [0.25, 0.3) is 0 Å². The molecule has 16 heavy (non-hydrogen) atoms. The van der Waals surface area contributed by atoms with Gasteiger partial charge in [-0.3, -0.25) is 4.90 Å². The summed E-state index contributed by atoms with van der Waals surface area (Å²) in [5.74, 6) is -0.541. The second kappa shape index (κ2) is 8.72. The number of carbonyl (C=O) groups is 2. The lowest BCUT2D eigenvalue weighted by molar-refractivity contribution is -0.138. The Morgan fingerprint density at radius 2 is 1.94 bits per heavy atom. The fraction of sp³-hybridized carbons (Fsp3) is 0.600. The van der Waals surface area contributed by atoms with Crippen LogP contribution in [0.2, 0.25) is 0 Å². The van der Waals surface area contributed by atoms with Crippen LogP contribution >= 0.6 is 0 Å². The van der Waals surface area contributed by atoms with Crippen LogP contribution in [0.5, 0.6) is 0 Å². The maximum Gasteiger partial charge on any atom is 0.411 e. The Balaban J connectivity index is 3.70. The first-order valence-electron chi connectivity index (χ1n) is 4.85. The number of ether oxygens (including phenoxy) is 3. The maximum absolute atomic E-state index is 11.3. The van der Waals surface area contributed by atoms with E-state index in [2.05, 4.69) is 11.3 Å². The minimum atomic E-state index is -0.541. The molecule has 0 saturated carbocycles. The van der Waals surface area contributed by atoms with Crippen molar-refractivity contribution in [3.63, 3.8) is 0 Å². The largest absolute Gasteiger partial charge is 0.459 e. The molecule has 0 aliphatic carbocycles. The molecule has 0 rings (SSSR count). The number of esters is 1. The van der Waals surface area contributed by atoms with Crippen molar-refractivity contribution in [3.8, 4) is 0 Å². The monoisotopic (exact) mass is 231 g/mol. The molecule has 0 N–H and O–H groups in total. The molecule has 0 atom stereocenters. The summed E-state index contributed by atoms with van der Waals surface area (Å²) in [6.45, 7) is 5.72. The van der Waals surface area contributed by atoms with Gasteiger partial charge in [-0.25, -0.2) is 9.59 Å². The molecule has 6 heteroatoms. The van der Waals surface area contributed by atoms with E-state index in [0.29, 0.717) is 6.54 Å². The Labute approximate surface area is 94.8 Å². The fourth-order valence-electron chi connectivity index (χ4n) is 0.850. The highest BCUT2D eigenvalue weighted by Crippen LogP contribution is 1.94. The average molecular weight is 231 g/mol. The smallest absolute Gasteiger partial charge is 0.411 e. The molecule has 0 radical (unpaired) electrons. The first-order chi connectivity index (χ1) is 7.65. The van der Waals surface area contributed by atoms with Crippen molar-refractivity contribution in [2.45, 2.75) is 6.92 Å². The number of methoxy groups -OCH3 is 1. The molecule has 92 valence electrons. The van der Waals surface area contributed by atoms with Gasteiger partial charge in [-0.05, 0) is 6.92 Å². The minimum Gasteiger partial charge on any atom is -0.459 e. The van der Waals surface area contributed by atoms with Gasteiger partial charge in [-0.15, -0.1) is 0 Å². The normalized spacial score (nSPS) is 9.38. The van der Waals surface area contributed by atoms with Gasteiger partial charge in [0, 0.05) is 19.7 Å². The lowest BCUT2D eigenvalue weighted by Gasteiger charge is -2.18. The maximum atomic E-state index is 11.3. The summed E-state index contributed by atoms with van der Waals surface area (Å²) in [5.41, 5.74) is 0. The van der Waals surface area contributed by atoms with Crippen molar-refractivity contribution in [1.82, 2.24) is 4.90 Å². The van der Waals surface area contributed by atoms with E-state index < -0.39 is 12.1 Å². The number of rotatable bonds is 7. The van der Waals surface area contributed by atoms with Crippen LogP contribution in [0.1, 0.15) is 6.92 Å². The first kappa shape index (κ1) is 14.4. The summed E-state index contributed by atoms with van der Waals surface area (Å²) < 4.78 is 14.3. The van der Waals surface area contributed by atoms with Gasteiger partial charge in [0.15, 0.2) is 0 Å². The third kappa shape index (κ3) is 6.02. The van der Waals surface area contributed by atoms with Gasteiger partial charge in [0.2, 0.25) is 0 Å². The summed E-state index contributed by atoms with van der Waals surface area (Å²) in [5, 5.41) is 0. The van der Waals surface area contributed by atoms with Crippen LogP contribution < -0.4 is 0 Å². The highest BCUT2D eigenvalue weighted by molar-refractivity contribution is 5.81. The summed E-state index contributed by atoms with van der Waals surface area (Å²) in [4.78, 5) is 23.3. The topological polar surface area (TPSA) is 65.1 Å². The van der Waals surface area contributed by atoms with Gasteiger partial charge in [0.25, 0.3) is 0 Å². The molecule has 0 unspecified atom stereocenters. The molecule has 0 aromatic rings. The Morgan fingerprint density at radius 3 is 2.44 bits per heavy atom. The van der Waals surface area contributed by atoms with E-state index in [4.69, 9.17) is 9.47 Å². The second-order valence-electron chi connectivity index (χ2n) is 2.76. The van der Waals surface area contributed by atoms with Crippen LogP contribution in [0.3, 0.4) is 0 Å². The van der Waals surface area contributed by atoms with Gasteiger partial charge in [-0.1, -0.05) is 6.58 Å². The third-order valence-electron chi connectivity index (χ3n) is 1.64. The van der Waals surface area contributed by atoms with E-state index >= 15 is 0 Å². The zero-order valence-electron chi connectivity index (χ0n) is 9.60. The van der Waals surface area contributed by atoms with E-state index in [0.717, 1.165) is 6.08 Å². The molecule has 0 aliphatic heterocycles. The molecule has 0 bridgehead atoms. The Kier molecular flexibility index (Phi) is 7.87. The Hall–Kier alpha value is -1.56. The van der Waals surface area contributed by atoms with Crippen molar-refractivity contribution in [3.05, 3.63) is 12.7 Å². The van der Waals surface area contributed by atoms with Crippen molar-refractivity contribution in [1.29, 1.82) is 0 Å². The molecule has 0 aromatic carbocycles. The third-order valence-corrected chi connectivity index (χ3v) is 1.64. The van der Waals surface area contributed by atoms with E-state index in [1.54, 1.807) is 6.92 Å². The van der Waals surface area contributed by atoms with E-state index in [-0.39, 0.29) is 19.9 Å². The van der Waals surface area contributed by atoms with Crippen LogP contribution in [-0.2, 0) is 19.0 Å². The lowest BCUT2D eigenvalue weighted by Crippen LogP contribution is -2.33. The molecule has 0 aliphatic rings. The predicted octanol–water partition coefficient (Wildman–Crippen LogP) is 0.778. The zero-order chi connectivity index (χ0) is 12.4. The van der Waals surface area contributed by atoms with E-state index in [1.165, 1.54) is 12.0 Å². The molecule has 0 saturated heterocycles. The summed E-state index contributed by atoms with van der Waals surface area (Å²) >= 11 is 0. The average Bonchev–Trinajstić information content (AvgIpc) is 2.30. The van der Waals surface area contributed by atoms with Gasteiger partial charge >= 0.3 is 12.1 Å². The number of hydrogen-bond donors (Lipinski definition) is 0. The zero-order valence-corrected chi connectivity index (χ0v) is 9.60. The quantitative estimate of drug-likeness (QED) is 0.280. The Morgan fingerprint density at radius 1 is 1.31 bits per heavy atom. The molecular formula is C10H17NO5. The Bertz CT molecular complexity index is 241. The number of amides is 1. The minimum absolute atomic E-state index is 0.0125. The van der Waals surface area contributed by atoms with Crippen LogP contribution in [0, 0.1) is 0 Å².